The lowest BCUT2D eigenvalue weighted by atomic mass is 10.1. The van der Waals surface area contributed by atoms with Crippen molar-refractivity contribution >= 4 is 11.7 Å². The van der Waals surface area contributed by atoms with Gasteiger partial charge in [-0.1, -0.05) is 36.1 Å². The summed E-state index contributed by atoms with van der Waals surface area (Å²) in [5.74, 6) is 7.32. The molecule has 5 heteroatoms. The van der Waals surface area contributed by atoms with Crippen molar-refractivity contribution in [3.8, 4) is 23.3 Å². The van der Waals surface area contributed by atoms with Crippen LogP contribution in [0.4, 0.5) is 10.5 Å². The van der Waals surface area contributed by atoms with Gasteiger partial charge in [-0.3, -0.25) is 0 Å². The van der Waals surface area contributed by atoms with Crippen molar-refractivity contribution < 1.29 is 14.3 Å². The second-order valence-electron chi connectivity index (χ2n) is 5.51. The topological polar surface area (TPSA) is 59.6 Å². The Labute approximate surface area is 160 Å². The van der Waals surface area contributed by atoms with Crippen molar-refractivity contribution in [1.29, 1.82) is 0 Å². The molecule has 0 bridgehead atoms. The molecular formula is C22H24N2O3. The molecule has 2 N–H and O–H groups in total. The van der Waals surface area contributed by atoms with Crippen molar-refractivity contribution in [3.05, 3.63) is 66.7 Å². The Morgan fingerprint density at radius 1 is 1.11 bits per heavy atom. The summed E-state index contributed by atoms with van der Waals surface area (Å²) in [5.41, 5.74) is 1.76. The highest BCUT2D eigenvalue weighted by molar-refractivity contribution is 5.89. The number of ether oxygens (including phenoxy) is 2. The zero-order valence-corrected chi connectivity index (χ0v) is 15.5. The number of carbonyl (C=O) groups excluding carboxylic acids is 1. The number of rotatable bonds is 8. The standard InChI is InChI=1S/C22H24N2O3/c1-3-9-18-10-5-6-11-21(18)27-17-8-7-16-23-22(25)24-19-12-14-20(15-13-19)26-4-2/h3,5-6,10-15H,1,4,9,16-17H2,2H3,(H2,23,24,25). The van der Waals surface area contributed by atoms with Crippen LogP contribution < -0.4 is 20.1 Å². The predicted octanol–water partition coefficient (Wildman–Crippen LogP) is 4.02. The van der Waals surface area contributed by atoms with Gasteiger partial charge < -0.3 is 20.1 Å². The SMILES string of the molecule is C=CCc1ccccc1OCC#CCNC(=O)Nc1ccc(OCC)cc1. The summed E-state index contributed by atoms with van der Waals surface area (Å²) >= 11 is 0. The Balaban J connectivity index is 1.70. The van der Waals surface area contributed by atoms with Gasteiger partial charge in [-0.15, -0.1) is 6.58 Å². The number of nitrogens with one attached hydrogen (secondary N) is 2. The summed E-state index contributed by atoms with van der Waals surface area (Å²) in [5, 5.41) is 5.41. The third kappa shape index (κ3) is 7.17. The van der Waals surface area contributed by atoms with Gasteiger partial charge in [0.1, 0.15) is 18.1 Å². The molecule has 5 nitrogen and oxygen atoms in total. The molecule has 2 aromatic carbocycles. The highest BCUT2D eigenvalue weighted by atomic mass is 16.5. The minimum Gasteiger partial charge on any atom is -0.494 e. The molecule has 0 aromatic heterocycles. The van der Waals surface area contributed by atoms with E-state index in [-0.39, 0.29) is 19.2 Å². The fourth-order valence-corrected chi connectivity index (χ4v) is 2.30. The molecule has 0 unspecified atom stereocenters. The number of para-hydroxylation sites is 1. The fourth-order valence-electron chi connectivity index (χ4n) is 2.30. The summed E-state index contributed by atoms with van der Waals surface area (Å²) in [7, 11) is 0. The lowest BCUT2D eigenvalue weighted by molar-refractivity contribution is 0.253. The fraction of sp³-hybridized carbons (Fsp3) is 0.227. The highest BCUT2D eigenvalue weighted by Gasteiger charge is 2.01. The minimum absolute atomic E-state index is 0.237. The van der Waals surface area contributed by atoms with Gasteiger partial charge in [0, 0.05) is 5.69 Å². The van der Waals surface area contributed by atoms with Gasteiger partial charge in [-0.2, -0.15) is 0 Å². The minimum atomic E-state index is -0.314. The van der Waals surface area contributed by atoms with E-state index >= 15 is 0 Å². The Hall–Kier alpha value is -3.39. The molecule has 0 aliphatic carbocycles. The zero-order chi connectivity index (χ0) is 19.3. The van der Waals surface area contributed by atoms with Crippen LogP contribution in [-0.4, -0.2) is 25.8 Å². The summed E-state index contributed by atoms with van der Waals surface area (Å²) in [4.78, 5) is 11.8. The molecule has 2 aromatic rings. The van der Waals surface area contributed by atoms with Gasteiger partial charge in [-0.05, 0) is 49.2 Å². The number of urea groups is 1. The largest absolute Gasteiger partial charge is 0.494 e. The first-order valence-corrected chi connectivity index (χ1v) is 8.78. The Morgan fingerprint density at radius 2 is 1.89 bits per heavy atom. The van der Waals surface area contributed by atoms with Crippen LogP contribution in [0.5, 0.6) is 11.5 Å². The number of amides is 2. The van der Waals surface area contributed by atoms with Crippen LogP contribution >= 0.6 is 0 Å². The van der Waals surface area contributed by atoms with Gasteiger partial charge in [0.15, 0.2) is 0 Å². The summed E-state index contributed by atoms with van der Waals surface area (Å²) < 4.78 is 11.0. The quantitative estimate of drug-likeness (QED) is 0.549. The summed E-state index contributed by atoms with van der Waals surface area (Å²) in [6.07, 6.45) is 2.58. The Bertz CT molecular complexity index is 804. The van der Waals surface area contributed by atoms with E-state index in [9.17, 15) is 4.79 Å². The first kappa shape index (κ1) is 19.9. The summed E-state index contributed by atoms with van der Waals surface area (Å²) in [6.45, 7) is 6.77. The first-order valence-electron chi connectivity index (χ1n) is 8.78. The molecule has 27 heavy (non-hydrogen) atoms. The molecule has 2 amide bonds. The second-order valence-corrected chi connectivity index (χ2v) is 5.51. The van der Waals surface area contributed by atoms with Crippen molar-refractivity contribution in [2.24, 2.45) is 0 Å². The van der Waals surface area contributed by atoms with E-state index in [1.807, 2.05) is 37.3 Å². The predicted molar refractivity (Wildman–Crippen MR) is 108 cm³/mol. The lowest BCUT2D eigenvalue weighted by Gasteiger charge is -2.07. The van der Waals surface area contributed by atoms with E-state index in [0.717, 1.165) is 23.5 Å². The van der Waals surface area contributed by atoms with E-state index in [1.165, 1.54) is 0 Å². The molecule has 0 saturated carbocycles. The zero-order valence-electron chi connectivity index (χ0n) is 15.5. The number of carbonyl (C=O) groups is 1. The van der Waals surface area contributed by atoms with Crippen LogP contribution in [0.25, 0.3) is 0 Å². The van der Waals surface area contributed by atoms with Gasteiger partial charge in [0.25, 0.3) is 0 Å². The smallest absolute Gasteiger partial charge is 0.319 e. The Kier molecular flexibility index (Phi) is 8.32. The lowest BCUT2D eigenvalue weighted by Crippen LogP contribution is -2.28. The monoisotopic (exact) mass is 364 g/mol. The van der Waals surface area contributed by atoms with Crippen LogP contribution in [-0.2, 0) is 6.42 Å². The van der Waals surface area contributed by atoms with E-state index in [1.54, 1.807) is 24.3 Å². The normalized spacial score (nSPS) is 9.52. The number of hydrogen-bond donors (Lipinski definition) is 2. The van der Waals surface area contributed by atoms with Gasteiger partial charge in [0.05, 0.1) is 13.2 Å². The van der Waals surface area contributed by atoms with Gasteiger partial charge >= 0.3 is 6.03 Å². The van der Waals surface area contributed by atoms with Crippen molar-refractivity contribution in [2.75, 3.05) is 25.1 Å². The maximum Gasteiger partial charge on any atom is 0.319 e. The third-order valence-corrected chi connectivity index (χ3v) is 3.52. The number of anilines is 1. The molecule has 0 aliphatic rings. The van der Waals surface area contributed by atoms with Crippen LogP contribution in [0.2, 0.25) is 0 Å². The van der Waals surface area contributed by atoms with E-state index in [4.69, 9.17) is 9.47 Å². The molecule has 0 spiro atoms. The van der Waals surface area contributed by atoms with Crippen LogP contribution in [0, 0.1) is 11.8 Å². The van der Waals surface area contributed by atoms with Crippen molar-refractivity contribution in [3.63, 3.8) is 0 Å². The first-order chi connectivity index (χ1) is 13.2. The van der Waals surface area contributed by atoms with Crippen molar-refractivity contribution in [2.45, 2.75) is 13.3 Å². The molecule has 140 valence electrons. The molecule has 0 aliphatic heterocycles. The maximum atomic E-state index is 11.8. The highest BCUT2D eigenvalue weighted by Crippen LogP contribution is 2.18. The van der Waals surface area contributed by atoms with Gasteiger partial charge in [-0.25, -0.2) is 4.79 Å². The molecular weight excluding hydrogens is 340 g/mol. The van der Waals surface area contributed by atoms with Gasteiger partial charge in [0.2, 0.25) is 0 Å². The number of allylic oxidation sites excluding steroid dienone is 1. The molecule has 0 fully saturated rings. The Morgan fingerprint density at radius 3 is 2.63 bits per heavy atom. The van der Waals surface area contributed by atoms with E-state index < -0.39 is 0 Å². The number of benzene rings is 2. The summed E-state index contributed by atoms with van der Waals surface area (Å²) in [6, 6.07) is 14.6. The van der Waals surface area contributed by atoms with Crippen LogP contribution in [0.3, 0.4) is 0 Å². The second kappa shape index (κ2) is 11.3. The van der Waals surface area contributed by atoms with Crippen LogP contribution in [0.1, 0.15) is 12.5 Å². The molecule has 2 rings (SSSR count). The number of hydrogen-bond acceptors (Lipinski definition) is 3. The maximum absolute atomic E-state index is 11.8. The average Bonchev–Trinajstić information content (AvgIpc) is 2.68. The van der Waals surface area contributed by atoms with Crippen LogP contribution in [0.15, 0.2) is 61.2 Å². The van der Waals surface area contributed by atoms with Crippen molar-refractivity contribution in [1.82, 2.24) is 5.32 Å². The van der Waals surface area contributed by atoms with E-state index in [0.29, 0.717) is 12.3 Å². The molecule has 0 saturated heterocycles. The molecule has 0 heterocycles. The molecule has 0 atom stereocenters. The third-order valence-electron chi connectivity index (χ3n) is 3.52. The van der Waals surface area contributed by atoms with E-state index in [2.05, 4.69) is 29.1 Å². The molecule has 0 radical (unpaired) electrons. The average molecular weight is 364 g/mol.